The van der Waals surface area contributed by atoms with E-state index in [1.54, 1.807) is 14.0 Å². The van der Waals surface area contributed by atoms with Gasteiger partial charge in [-0.2, -0.15) is 0 Å². The summed E-state index contributed by atoms with van der Waals surface area (Å²) in [5, 5.41) is 9.07. The summed E-state index contributed by atoms with van der Waals surface area (Å²) in [4.78, 5) is 0. The number of benzene rings is 2. The first-order chi connectivity index (χ1) is 8.65. The lowest BCUT2D eigenvalue weighted by Gasteiger charge is -2.09. The number of aryl methyl sites for hydroxylation is 1. The molecule has 2 aromatic carbocycles. The maximum atomic E-state index is 13.8. The van der Waals surface area contributed by atoms with Crippen LogP contribution in [0.2, 0.25) is 0 Å². The SMILES string of the molecule is COc1ccc(-c2cc(C)c(CO)c(F)c2)cc1. The van der Waals surface area contributed by atoms with E-state index in [1.807, 2.05) is 30.3 Å². The van der Waals surface area contributed by atoms with Crippen LogP contribution in [0.1, 0.15) is 11.1 Å². The first-order valence-corrected chi connectivity index (χ1v) is 5.70. The van der Waals surface area contributed by atoms with Gasteiger partial charge < -0.3 is 9.84 Å². The van der Waals surface area contributed by atoms with Crippen molar-refractivity contribution in [2.45, 2.75) is 13.5 Å². The molecule has 0 aliphatic heterocycles. The quantitative estimate of drug-likeness (QED) is 0.900. The molecule has 0 aromatic heterocycles. The predicted molar refractivity (Wildman–Crippen MR) is 69.0 cm³/mol. The molecule has 0 fully saturated rings. The summed E-state index contributed by atoms with van der Waals surface area (Å²) < 4.78 is 18.8. The first-order valence-electron chi connectivity index (χ1n) is 5.70. The van der Waals surface area contributed by atoms with Crippen molar-refractivity contribution < 1.29 is 14.2 Å². The molecule has 2 nitrogen and oxygen atoms in total. The van der Waals surface area contributed by atoms with Crippen molar-refractivity contribution in [3.63, 3.8) is 0 Å². The molecular formula is C15H15FO2. The van der Waals surface area contributed by atoms with Crippen molar-refractivity contribution in [1.82, 2.24) is 0 Å². The fourth-order valence-corrected chi connectivity index (χ4v) is 1.92. The van der Waals surface area contributed by atoms with E-state index in [1.165, 1.54) is 6.07 Å². The summed E-state index contributed by atoms with van der Waals surface area (Å²) in [6.07, 6.45) is 0. The molecule has 0 saturated heterocycles. The van der Waals surface area contributed by atoms with E-state index in [0.29, 0.717) is 5.56 Å². The van der Waals surface area contributed by atoms with Crippen LogP contribution in [0.3, 0.4) is 0 Å². The largest absolute Gasteiger partial charge is 0.497 e. The van der Waals surface area contributed by atoms with Crippen LogP contribution in [-0.4, -0.2) is 12.2 Å². The van der Waals surface area contributed by atoms with Crippen molar-refractivity contribution in [3.05, 3.63) is 53.3 Å². The van der Waals surface area contributed by atoms with Crippen LogP contribution in [0.25, 0.3) is 11.1 Å². The van der Waals surface area contributed by atoms with Crippen LogP contribution in [0.15, 0.2) is 36.4 Å². The number of aliphatic hydroxyl groups excluding tert-OH is 1. The van der Waals surface area contributed by atoms with E-state index in [2.05, 4.69) is 0 Å². The molecule has 0 heterocycles. The third kappa shape index (κ3) is 2.36. The van der Waals surface area contributed by atoms with Gasteiger partial charge in [0.15, 0.2) is 0 Å². The molecule has 0 unspecified atom stereocenters. The van der Waals surface area contributed by atoms with Crippen LogP contribution in [0.4, 0.5) is 4.39 Å². The second-order valence-corrected chi connectivity index (χ2v) is 4.14. The molecule has 94 valence electrons. The summed E-state index contributed by atoms with van der Waals surface area (Å²) in [5.41, 5.74) is 2.82. The maximum absolute atomic E-state index is 13.8. The Bertz CT molecular complexity index is 524. The van der Waals surface area contributed by atoms with Gasteiger partial charge in [-0.1, -0.05) is 18.2 Å². The van der Waals surface area contributed by atoms with E-state index >= 15 is 0 Å². The zero-order valence-corrected chi connectivity index (χ0v) is 10.4. The molecule has 1 N–H and O–H groups in total. The smallest absolute Gasteiger partial charge is 0.129 e. The van der Waals surface area contributed by atoms with Gasteiger partial charge in [-0.15, -0.1) is 0 Å². The minimum absolute atomic E-state index is 0.277. The molecule has 0 amide bonds. The number of hydrogen-bond acceptors (Lipinski definition) is 2. The molecular weight excluding hydrogens is 231 g/mol. The van der Waals surface area contributed by atoms with Crippen molar-refractivity contribution >= 4 is 0 Å². The Morgan fingerprint density at radius 1 is 1.11 bits per heavy atom. The van der Waals surface area contributed by atoms with E-state index in [-0.39, 0.29) is 12.4 Å². The molecule has 0 atom stereocenters. The molecule has 18 heavy (non-hydrogen) atoms. The number of hydrogen-bond donors (Lipinski definition) is 1. The lowest BCUT2D eigenvalue weighted by Crippen LogP contribution is -1.95. The number of aliphatic hydroxyl groups is 1. The van der Waals surface area contributed by atoms with Crippen molar-refractivity contribution in [2.24, 2.45) is 0 Å². The Labute approximate surface area is 106 Å². The zero-order chi connectivity index (χ0) is 13.1. The molecule has 0 bridgehead atoms. The fraction of sp³-hybridized carbons (Fsp3) is 0.200. The maximum Gasteiger partial charge on any atom is 0.129 e. The Morgan fingerprint density at radius 3 is 2.28 bits per heavy atom. The average molecular weight is 246 g/mol. The normalized spacial score (nSPS) is 10.4. The molecule has 0 spiro atoms. The van der Waals surface area contributed by atoms with E-state index in [9.17, 15) is 4.39 Å². The van der Waals surface area contributed by atoms with Gasteiger partial charge in [-0.05, 0) is 41.8 Å². The topological polar surface area (TPSA) is 29.5 Å². The highest BCUT2D eigenvalue weighted by Crippen LogP contribution is 2.26. The Morgan fingerprint density at radius 2 is 1.78 bits per heavy atom. The number of methoxy groups -OCH3 is 1. The molecule has 0 aliphatic rings. The Balaban J connectivity index is 2.44. The van der Waals surface area contributed by atoms with Crippen molar-refractivity contribution in [3.8, 4) is 16.9 Å². The van der Waals surface area contributed by atoms with Crippen LogP contribution < -0.4 is 4.74 Å². The first kappa shape index (κ1) is 12.6. The van der Waals surface area contributed by atoms with Gasteiger partial charge >= 0.3 is 0 Å². The number of halogens is 1. The number of ether oxygens (including phenoxy) is 1. The minimum Gasteiger partial charge on any atom is -0.497 e. The summed E-state index contributed by atoms with van der Waals surface area (Å²) in [6.45, 7) is 1.52. The van der Waals surface area contributed by atoms with E-state index in [0.717, 1.165) is 22.4 Å². The molecule has 0 radical (unpaired) electrons. The third-order valence-corrected chi connectivity index (χ3v) is 3.00. The summed E-state index contributed by atoms with van der Waals surface area (Å²) >= 11 is 0. The Hall–Kier alpha value is -1.87. The van der Waals surface area contributed by atoms with E-state index < -0.39 is 0 Å². The van der Waals surface area contributed by atoms with Crippen LogP contribution >= 0.6 is 0 Å². The van der Waals surface area contributed by atoms with Crippen molar-refractivity contribution in [2.75, 3.05) is 7.11 Å². The van der Waals surface area contributed by atoms with Gasteiger partial charge in [0.05, 0.1) is 13.7 Å². The van der Waals surface area contributed by atoms with Gasteiger partial charge in [-0.3, -0.25) is 0 Å². The minimum atomic E-state index is -0.372. The predicted octanol–water partition coefficient (Wildman–Crippen LogP) is 3.30. The number of rotatable bonds is 3. The second kappa shape index (κ2) is 5.19. The monoisotopic (exact) mass is 246 g/mol. The summed E-state index contributed by atoms with van der Waals surface area (Å²) in [6, 6.07) is 10.7. The van der Waals surface area contributed by atoms with Gasteiger partial charge in [0.2, 0.25) is 0 Å². The molecule has 0 saturated carbocycles. The lowest BCUT2D eigenvalue weighted by atomic mass is 9.99. The van der Waals surface area contributed by atoms with Crippen LogP contribution in [-0.2, 0) is 6.61 Å². The van der Waals surface area contributed by atoms with Crippen LogP contribution in [0, 0.1) is 12.7 Å². The Kier molecular flexibility index (Phi) is 3.63. The van der Waals surface area contributed by atoms with Gasteiger partial charge in [0.25, 0.3) is 0 Å². The fourth-order valence-electron chi connectivity index (χ4n) is 1.92. The lowest BCUT2D eigenvalue weighted by molar-refractivity contribution is 0.275. The van der Waals surface area contributed by atoms with Crippen molar-refractivity contribution in [1.29, 1.82) is 0 Å². The highest BCUT2D eigenvalue weighted by Gasteiger charge is 2.08. The second-order valence-electron chi connectivity index (χ2n) is 4.14. The van der Waals surface area contributed by atoms with Gasteiger partial charge in [-0.25, -0.2) is 4.39 Å². The zero-order valence-electron chi connectivity index (χ0n) is 10.4. The molecule has 2 rings (SSSR count). The highest BCUT2D eigenvalue weighted by molar-refractivity contribution is 5.65. The van der Waals surface area contributed by atoms with E-state index in [4.69, 9.17) is 9.84 Å². The summed E-state index contributed by atoms with van der Waals surface area (Å²) in [7, 11) is 1.61. The summed E-state index contributed by atoms with van der Waals surface area (Å²) in [5.74, 6) is 0.395. The molecule has 3 heteroatoms. The van der Waals surface area contributed by atoms with Gasteiger partial charge in [0, 0.05) is 5.56 Å². The highest BCUT2D eigenvalue weighted by atomic mass is 19.1. The average Bonchev–Trinajstić information content (AvgIpc) is 2.38. The molecule has 2 aromatic rings. The van der Waals surface area contributed by atoms with Crippen LogP contribution in [0.5, 0.6) is 5.75 Å². The van der Waals surface area contributed by atoms with Gasteiger partial charge in [0.1, 0.15) is 11.6 Å². The third-order valence-electron chi connectivity index (χ3n) is 3.00. The molecule has 0 aliphatic carbocycles. The standard InChI is InChI=1S/C15H15FO2/c1-10-7-12(8-15(16)14(10)9-17)11-3-5-13(18-2)6-4-11/h3-8,17H,9H2,1-2H3.